The van der Waals surface area contributed by atoms with Gasteiger partial charge >= 0.3 is 0 Å². The molecule has 0 saturated heterocycles. The van der Waals surface area contributed by atoms with E-state index in [1.807, 2.05) is 12.1 Å². The van der Waals surface area contributed by atoms with Crippen LogP contribution in [-0.2, 0) is 33.3 Å². The maximum atomic E-state index is 11.8. The molecule has 9 nitrogen and oxygen atoms in total. The first-order chi connectivity index (χ1) is 25.7. The Morgan fingerprint density at radius 2 is 0.889 bits per heavy atom. The zero-order chi connectivity index (χ0) is 39.2. The summed E-state index contributed by atoms with van der Waals surface area (Å²) in [4.78, 5) is 6.45. The highest BCUT2D eigenvalue weighted by Crippen LogP contribution is 2.39. The molecule has 0 unspecified atom stereocenters. The van der Waals surface area contributed by atoms with Crippen molar-refractivity contribution in [1.29, 1.82) is 0 Å². The van der Waals surface area contributed by atoms with Crippen LogP contribution in [0, 0.1) is 13.8 Å². The topological polar surface area (TPSA) is 118 Å². The van der Waals surface area contributed by atoms with Crippen molar-refractivity contribution < 1.29 is 25.9 Å². The summed E-state index contributed by atoms with van der Waals surface area (Å²) in [6.45, 7) is 16.9. The second kappa shape index (κ2) is 17.2. The van der Waals surface area contributed by atoms with Crippen LogP contribution in [0.1, 0.15) is 72.6 Å². The van der Waals surface area contributed by atoms with Crippen molar-refractivity contribution in [3.05, 3.63) is 148 Å². The molecule has 5 aromatic rings. The van der Waals surface area contributed by atoms with Gasteiger partial charge in [-0.15, -0.1) is 0 Å². The molecule has 0 aliphatic carbocycles. The van der Waals surface area contributed by atoms with Crippen LogP contribution >= 0.6 is 0 Å². The molecule has 0 aliphatic heterocycles. The van der Waals surface area contributed by atoms with Gasteiger partial charge in [0.05, 0.1) is 9.79 Å². The second-order valence-electron chi connectivity index (χ2n) is 13.6. The highest BCUT2D eigenvalue weighted by molar-refractivity contribution is 7.86. The van der Waals surface area contributed by atoms with E-state index >= 15 is 0 Å². The van der Waals surface area contributed by atoms with Gasteiger partial charge in [-0.05, 0) is 141 Å². The van der Waals surface area contributed by atoms with Crippen LogP contribution in [0.25, 0.3) is 0 Å². The predicted molar refractivity (Wildman–Crippen MR) is 219 cm³/mol. The largest absolute Gasteiger partial charge is 0.372 e. The summed E-state index contributed by atoms with van der Waals surface area (Å²) in [5, 5.41) is 0. The number of hydrogen-bond acceptors (Lipinski definition) is 7. The zero-order valence-electron chi connectivity index (χ0n) is 31.9. The first-order valence-corrected chi connectivity index (χ1v) is 21.2. The highest BCUT2D eigenvalue weighted by atomic mass is 32.2. The molecule has 286 valence electrons. The molecular formula is C43H51N3O6S2. The third-order valence-corrected chi connectivity index (χ3v) is 11.8. The van der Waals surface area contributed by atoms with Crippen LogP contribution < -0.4 is 14.7 Å². The predicted octanol–water partition coefficient (Wildman–Crippen LogP) is 8.88. The molecule has 0 spiro atoms. The van der Waals surface area contributed by atoms with Crippen LogP contribution in [0.4, 0.5) is 17.1 Å². The fraction of sp³-hybridized carbons (Fsp3) is 0.302. The maximum absolute atomic E-state index is 11.8. The average Bonchev–Trinajstić information content (AvgIpc) is 3.14. The third kappa shape index (κ3) is 9.51. The molecule has 0 radical (unpaired) electrons. The van der Waals surface area contributed by atoms with Crippen molar-refractivity contribution in [3.63, 3.8) is 0 Å². The minimum absolute atomic E-state index is 0.0677. The van der Waals surface area contributed by atoms with E-state index in [-0.39, 0.29) is 15.7 Å². The molecule has 0 aliphatic rings. The summed E-state index contributed by atoms with van der Waals surface area (Å²) >= 11 is 0. The third-order valence-electron chi connectivity index (χ3n) is 10.1. The minimum atomic E-state index is -4.30. The SMILES string of the molecule is CCN(CC)c1ccc(C(c2ccc(N(CC)Cc3cccc(S(=O)(=O)O)c3)cc2C)c2ccc(N(CC)Cc3cccc(S(=O)(=O)O)c3)cc2C)cc1. The number of aryl methyl sites for hydroxylation is 2. The Labute approximate surface area is 321 Å². The lowest BCUT2D eigenvalue weighted by atomic mass is 9.81. The Bertz CT molecular complexity index is 2150. The van der Waals surface area contributed by atoms with E-state index in [9.17, 15) is 25.9 Å². The highest BCUT2D eigenvalue weighted by Gasteiger charge is 2.23. The molecular weight excluding hydrogens is 719 g/mol. The summed E-state index contributed by atoms with van der Waals surface area (Å²) in [5.74, 6) is -0.0677. The van der Waals surface area contributed by atoms with Gasteiger partial charge in [-0.2, -0.15) is 16.8 Å². The monoisotopic (exact) mass is 769 g/mol. The van der Waals surface area contributed by atoms with E-state index in [4.69, 9.17) is 0 Å². The molecule has 5 aromatic carbocycles. The quantitative estimate of drug-likeness (QED) is 0.0750. The summed E-state index contributed by atoms with van der Waals surface area (Å²) in [6.07, 6.45) is 0. The molecule has 0 bridgehead atoms. The van der Waals surface area contributed by atoms with Gasteiger partial charge in [-0.3, -0.25) is 9.11 Å². The number of rotatable bonds is 16. The van der Waals surface area contributed by atoms with Crippen molar-refractivity contribution in [2.24, 2.45) is 0 Å². The summed E-state index contributed by atoms with van der Waals surface area (Å²) in [7, 11) is -8.61. The normalized spacial score (nSPS) is 11.9. The van der Waals surface area contributed by atoms with Gasteiger partial charge in [0.15, 0.2) is 0 Å². The fourth-order valence-corrected chi connectivity index (χ4v) is 8.28. The van der Waals surface area contributed by atoms with Gasteiger partial charge in [0.1, 0.15) is 0 Å². The van der Waals surface area contributed by atoms with Crippen LogP contribution in [-0.4, -0.2) is 52.1 Å². The Morgan fingerprint density at radius 3 is 1.24 bits per heavy atom. The lowest BCUT2D eigenvalue weighted by Crippen LogP contribution is -2.23. The van der Waals surface area contributed by atoms with Gasteiger partial charge in [0.2, 0.25) is 0 Å². The van der Waals surface area contributed by atoms with Crippen molar-refractivity contribution in [2.75, 3.05) is 40.9 Å². The molecule has 0 atom stereocenters. The Balaban J connectivity index is 1.52. The molecule has 11 heteroatoms. The maximum Gasteiger partial charge on any atom is 0.294 e. The van der Waals surface area contributed by atoms with Crippen molar-refractivity contribution in [1.82, 2.24) is 0 Å². The lowest BCUT2D eigenvalue weighted by Gasteiger charge is -2.29. The summed E-state index contributed by atoms with van der Waals surface area (Å²) in [5.41, 5.74) is 10.5. The molecule has 54 heavy (non-hydrogen) atoms. The summed E-state index contributed by atoms with van der Waals surface area (Å²) in [6, 6.07) is 34.7. The number of benzene rings is 5. The van der Waals surface area contributed by atoms with E-state index in [1.54, 1.807) is 12.1 Å². The number of anilines is 3. The average molecular weight is 770 g/mol. The zero-order valence-corrected chi connectivity index (χ0v) is 33.5. The van der Waals surface area contributed by atoms with E-state index < -0.39 is 20.2 Å². The molecule has 0 aromatic heterocycles. The van der Waals surface area contributed by atoms with Crippen LogP contribution in [0.3, 0.4) is 0 Å². The van der Waals surface area contributed by atoms with Gasteiger partial charge < -0.3 is 14.7 Å². The molecule has 5 rings (SSSR count). The molecule has 0 heterocycles. The fourth-order valence-electron chi connectivity index (χ4n) is 7.17. The molecule has 2 N–H and O–H groups in total. The standard InChI is InChI=1S/C43H51N3O6S2/c1-7-44(8-2)36-19-17-35(18-20-36)43(41-23-21-37(25-31(41)5)45(9-3)29-33-13-11-15-39(27-33)53(47,48)49)42-24-22-38(26-32(42)6)46(10-4)30-34-14-12-16-40(28-34)54(50,51)52/h11-28,43H,7-10,29-30H2,1-6H3,(H,47,48,49)(H,50,51,52). The summed E-state index contributed by atoms with van der Waals surface area (Å²) < 4.78 is 66.3. The van der Waals surface area contributed by atoms with E-state index in [2.05, 4.69) is 117 Å². The van der Waals surface area contributed by atoms with Crippen LogP contribution in [0.2, 0.25) is 0 Å². The Morgan fingerprint density at radius 1 is 0.500 bits per heavy atom. The molecule has 0 amide bonds. The van der Waals surface area contributed by atoms with E-state index in [0.717, 1.165) is 46.7 Å². The number of nitrogens with zero attached hydrogens (tertiary/aromatic N) is 3. The van der Waals surface area contributed by atoms with E-state index in [1.165, 1.54) is 46.6 Å². The van der Waals surface area contributed by atoms with Crippen molar-refractivity contribution in [3.8, 4) is 0 Å². The van der Waals surface area contributed by atoms with Gasteiger partial charge in [-0.1, -0.05) is 48.5 Å². The lowest BCUT2D eigenvalue weighted by molar-refractivity contribution is 0.481. The second-order valence-corrected chi connectivity index (χ2v) is 16.4. The number of hydrogen-bond donors (Lipinski definition) is 2. The van der Waals surface area contributed by atoms with Crippen molar-refractivity contribution >= 4 is 37.3 Å². The van der Waals surface area contributed by atoms with Crippen LogP contribution in [0.5, 0.6) is 0 Å². The Hall–Kier alpha value is -4.68. The first-order valence-electron chi connectivity index (χ1n) is 18.3. The minimum Gasteiger partial charge on any atom is -0.372 e. The first kappa shape index (κ1) is 40.5. The van der Waals surface area contributed by atoms with Crippen molar-refractivity contribution in [2.45, 2.75) is 70.3 Å². The Kier molecular flexibility index (Phi) is 12.9. The smallest absolute Gasteiger partial charge is 0.294 e. The van der Waals surface area contributed by atoms with Crippen LogP contribution in [0.15, 0.2) is 119 Å². The molecule has 0 saturated carbocycles. The van der Waals surface area contributed by atoms with E-state index in [0.29, 0.717) is 26.2 Å². The van der Waals surface area contributed by atoms with Gasteiger partial charge in [0, 0.05) is 62.2 Å². The van der Waals surface area contributed by atoms with Gasteiger partial charge in [0.25, 0.3) is 20.2 Å². The molecule has 0 fully saturated rings. The van der Waals surface area contributed by atoms with Gasteiger partial charge in [-0.25, -0.2) is 0 Å².